The molecule has 1 aliphatic heterocycles. The monoisotopic (exact) mass is 535 g/mol. The van der Waals surface area contributed by atoms with Crippen molar-refractivity contribution >= 4 is 28.5 Å². The van der Waals surface area contributed by atoms with Crippen LogP contribution in [0.3, 0.4) is 0 Å². The molecule has 2 heterocycles. The number of hydrogen-bond donors (Lipinski definition) is 0. The molecule has 3 aromatic carbocycles. The van der Waals surface area contributed by atoms with E-state index in [0.29, 0.717) is 57.5 Å². The van der Waals surface area contributed by atoms with Gasteiger partial charge in [-0.15, -0.1) is 0 Å². The number of hydrogen-bond acceptors (Lipinski definition) is 7. The second-order valence-electron chi connectivity index (χ2n) is 8.77. The number of halogens is 1. The van der Waals surface area contributed by atoms with Crippen LogP contribution in [-0.2, 0) is 6.42 Å². The van der Waals surface area contributed by atoms with Crippen LogP contribution < -0.4 is 24.4 Å². The van der Waals surface area contributed by atoms with E-state index in [2.05, 4.69) is 0 Å². The molecule has 0 fully saturated rings. The minimum Gasteiger partial charge on any atom is -0.493 e. The lowest BCUT2D eigenvalue weighted by molar-refractivity contribution is 0.0730. The van der Waals surface area contributed by atoms with E-state index in [1.165, 1.54) is 7.11 Å². The summed E-state index contributed by atoms with van der Waals surface area (Å²) in [5, 5.41) is 0.721. The van der Waals surface area contributed by atoms with Gasteiger partial charge in [-0.3, -0.25) is 9.59 Å². The van der Waals surface area contributed by atoms with Crippen LogP contribution in [0.4, 0.5) is 0 Å². The lowest BCUT2D eigenvalue weighted by Crippen LogP contribution is -2.31. The molecule has 1 amide bonds. The average molecular weight is 536 g/mol. The second-order valence-corrected chi connectivity index (χ2v) is 9.21. The number of ether oxygens (including phenoxy) is 4. The smallest absolute Gasteiger partial charge is 0.290 e. The van der Waals surface area contributed by atoms with Crippen LogP contribution in [0.2, 0.25) is 5.02 Å². The van der Waals surface area contributed by atoms with Gasteiger partial charge in [-0.1, -0.05) is 23.7 Å². The summed E-state index contributed by atoms with van der Waals surface area (Å²) >= 11 is 6.18. The van der Waals surface area contributed by atoms with Crippen molar-refractivity contribution in [2.75, 3.05) is 35.0 Å². The Balaban J connectivity index is 1.62. The maximum absolute atomic E-state index is 13.8. The first-order valence-corrected chi connectivity index (χ1v) is 12.3. The molecule has 38 heavy (non-hydrogen) atoms. The van der Waals surface area contributed by atoms with Gasteiger partial charge < -0.3 is 28.3 Å². The molecule has 1 aliphatic rings. The van der Waals surface area contributed by atoms with Gasteiger partial charge in [-0.05, 0) is 60.0 Å². The summed E-state index contributed by atoms with van der Waals surface area (Å²) in [6, 6.07) is 15.0. The first-order chi connectivity index (χ1) is 18.4. The third-order valence-corrected chi connectivity index (χ3v) is 6.98. The van der Waals surface area contributed by atoms with Crippen molar-refractivity contribution in [3.63, 3.8) is 0 Å². The molecule has 4 aromatic rings. The number of carbonyl (C=O) groups is 1. The molecule has 0 spiro atoms. The Morgan fingerprint density at radius 1 is 0.816 bits per heavy atom. The van der Waals surface area contributed by atoms with E-state index in [-0.39, 0.29) is 22.7 Å². The fourth-order valence-corrected chi connectivity index (χ4v) is 5.05. The molecule has 0 bridgehead atoms. The molecule has 0 saturated heterocycles. The van der Waals surface area contributed by atoms with Crippen molar-refractivity contribution in [3.8, 4) is 23.0 Å². The highest BCUT2D eigenvalue weighted by atomic mass is 35.5. The first-order valence-electron chi connectivity index (χ1n) is 11.9. The maximum atomic E-state index is 13.8. The Morgan fingerprint density at radius 2 is 1.47 bits per heavy atom. The number of benzene rings is 3. The molecular formula is C29H26ClNO7. The van der Waals surface area contributed by atoms with Gasteiger partial charge in [0.2, 0.25) is 5.76 Å². The predicted octanol–water partition coefficient (Wildman–Crippen LogP) is 5.27. The Bertz CT molecular complexity index is 1600. The van der Waals surface area contributed by atoms with Crippen molar-refractivity contribution in [2.45, 2.75) is 12.5 Å². The van der Waals surface area contributed by atoms with Crippen LogP contribution in [0.5, 0.6) is 23.0 Å². The van der Waals surface area contributed by atoms with Gasteiger partial charge in [0.15, 0.2) is 28.4 Å². The summed E-state index contributed by atoms with van der Waals surface area (Å²) in [6.45, 7) is 0.314. The van der Waals surface area contributed by atoms with Gasteiger partial charge in [-0.25, -0.2) is 0 Å². The summed E-state index contributed by atoms with van der Waals surface area (Å²) in [5.41, 5.74) is 1.90. The average Bonchev–Trinajstić information content (AvgIpc) is 3.22. The number of fused-ring (bicyclic) bond motifs is 2. The number of nitrogens with zero attached hydrogens (tertiary/aromatic N) is 1. The normalized spacial score (nSPS) is 14.5. The standard InChI is InChI=1S/C29H26ClNO7/c1-34-21-8-5-16(13-23(21)36-3)11-12-31-26(17-6-9-22(35-2)24(14-17)37-4)25-27(32)19-15-18(30)7-10-20(19)38-28(25)29(31)33/h5-10,13-15,26H,11-12H2,1-4H3. The highest BCUT2D eigenvalue weighted by Gasteiger charge is 2.42. The summed E-state index contributed by atoms with van der Waals surface area (Å²) in [6.07, 6.45) is 0.503. The van der Waals surface area contributed by atoms with Crippen molar-refractivity contribution in [3.05, 3.63) is 92.3 Å². The van der Waals surface area contributed by atoms with E-state index in [0.717, 1.165) is 5.56 Å². The lowest BCUT2D eigenvalue weighted by Gasteiger charge is -2.26. The number of amides is 1. The van der Waals surface area contributed by atoms with Crippen LogP contribution in [0.15, 0.2) is 63.8 Å². The molecule has 0 N–H and O–H groups in total. The van der Waals surface area contributed by atoms with Gasteiger partial charge in [-0.2, -0.15) is 0 Å². The molecule has 1 atom stereocenters. The van der Waals surface area contributed by atoms with Gasteiger partial charge in [0.05, 0.1) is 45.4 Å². The Hall–Kier alpha value is -4.17. The van der Waals surface area contributed by atoms with Crippen LogP contribution in [0.1, 0.15) is 33.3 Å². The molecule has 9 heteroatoms. The molecule has 1 unspecified atom stereocenters. The minimum atomic E-state index is -0.697. The highest BCUT2D eigenvalue weighted by Crippen LogP contribution is 2.41. The molecule has 8 nitrogen and oxygen atoms in total. The second kappa shape index (κ2) is 10.3. The zero-order valence-electron chi connectivity index (χ0n) is 21.4. The van der Waals surface area contributed by atoms with Crippen LogP contribution in [0, 0.1) is 0 Å². The van der Waals surface area contributed by atoms with E-state index >= 15 is 0 Å². The SMILES string of the molecule is COc1ccc(CCN2C(=O)c3oc4ccc(Cl)cc4c(=O)c3C2c2ccc(OC)c(OC)c2)cc1OC. The molecule has 1 aromatic heterocycles. The van der Waals surface area contributed by atoms with Crippen molar-refractivity contribution in [1.82, 2.24) is 4.90 Å². The first kappa shape index (κ1) is 25.5. The number of carbonyl (C=O) groups excluding carboxylic acids is 1. The zero-order valence-corrected chi connectivity index (χ0v) is 22.1. The molecule has 0 radical (unpaired) electrons. The molecule has 5 rings (SSSR count). The number of rotatable bonds is 8. The predicted molar refractivity (Wildman–Crippen MR) is 143 cm³/mol. The third kappa shape index (κ3) is 4.31. The van der Waals surface area contributed by atoms with E-state index < -0.39 is 6.04 Å². The molecule has 0 aliphatic carbocycles. The van der Waals surface area contributed by atoms with Crippen LogP contribution in [0.25, 0.3) is 11.0 Å². The maximum Gasteiger partial charge on any atom is 0.290 e. The lowest BCUT2D eigenvalue weighted by atomic mass is 9.97. The van der Waals surface area contributed by atoms with Crippen LogP contribution in [-0.4, -0.2) is 45.8 Å². The zero-order chi connectivity index (χ0) is 27.0. The van der Waals surface area contributed by atoms with E-state index in [4.69, 9.17) is 35.0 Å². The summed E-state index contributed by atoms with van der Waals surface area (Å²) in [7, 11) is 6.23. The van der Waals surface area contributed by atoms with Crippen molar-refractivity contribution < 1.29 is 28.2 Å². The fourth-order valence-electron chi connectivity index (χ4n) is 4.88. The quantitative estimate of drug-likeness (QED) is 0.304. The fraction of sp³-hybridized carbons (Fsp3) is 0.241. The largest absolute Gasteiger partial charge is 0.493 e. The van der Waals surface area contributed by atoms with Crippen molar-refractivity contribution in [1.29, 1.82) is 0 Å². The topological polar surface area (TPSA) is 87.4 Å². The third-order valence-electron chi connectivity index (χ3n) is 6.74. The Kier molecular flexibility index (Phi) is 6.91. The van der Waals surface area contributed by atoms with Gasteiger partial charge in [0.1, 0.15) is 5.58 Å². The molecular weight excluding hydrogens is 510 g/mol. The summed E-state index contributed by atoms with van der Waals surface area (Å²) in [5.74, 6) is 1.89. The minimum absolute atomic E-state index is 0.0249. The number of methoxy groups -OCH3 is 4. The highest BCUT2D eigenvalue weighted by molar-refractivity contribution is 6.31. The molecule has 196 valence electrons. The van der Waals surface area contributed by atoms with E-state index in [1.54, 1.807) is 56.6 Å². The van der Waals surface area contributed by atoms with Gasteiger partial charge >= 0.3 is 0 Å². The summed E-state index contributed by atoms with van der Waals surface area (Å²) < 4.78 is 27.7. The Morgan fingerprint density at radius 3 is 2.16 bits per heavy atom. The van der Waals surface area contributed by atoms with E-state index in [1.807, 2.05) is 24.3 Å². The molecule has 0 saturated carbocycles. The van der Waals surface area contributed by atoms with Crippen LogP contribution >= 0.6 is 11.6 Å². The van der Waals surface area contributed by atoms with Gasteiger partial charge in [0, 0.05) is 11.6 Å². The Labute approximate surface area is 224 Å². The van der Waals surface area contributed by atoms with Gasteiger partial charge in [0.25, 0.3) is 5.91 Å². The van der Waals surface area contributed by atoms with E-state index in [9.17, 15) is 9.59 Å². The summed E-state index contributed by atoms with van der Waals surface area (Å²) in [4.78, 5) is 29.1. The van der Waals surface area contributed by atoms with Crippen molar-refractivity contribution in [2.24, 2.45) is 0 Å².